The summed E-state index contributed by atoms with van der Waals surface area (Å²) in [5.74, 6) is 3.33. The molecule has 164 valence electrons. The topological polar surface area (TPSA) is 9.23 Å². The first-order chi connectivity index (χ1) is 14.7. The van der Waals surface area contributed by atoms with E-state index >= 15 is 0 Å². The maximum Gasteiger partial charge on any atom is 0.573 e. The van der Waals surface area contributed by atoms with E-state index in [9.17, 15) is 22.0 Å². The van der Waals surface area contributed by atoms with Gasteiger partial charge in [0.1, 0.15) is 0 Å². The molecule has 0 heterocycles. The summed E-state index contributed by atoms with van der Waals surface area (Å²) in [6.07, 6.45) is 2.02. The van der Waals surface area contributed by atoms with Crippen molar-refractivity contribution in [3.8, 4) is 17.6 Å². The van der Waals surface area contributed by atoms with Gasteiger partial charge < -0.3 is 4.74 Å². The van der Waals surface area contributed by atoms with Crippen LogP contribution in [0.5, 0.6) is 5.75 Å². The van der Waals surface area contributed by atoms with E-state index in [1.165, 1.54) is 43.2 Å². The zero-order valence-electron chi connectivity index (χ0n) is 17.2. The lowest BCUT2D eigenvalue weighted by atomic mass is 9.65. The van der Waals surface area contributed by atoms with Crippen molar-refractivity contribution in [2.75, 3.05) is 0 Å². The van der Waals surface area contributed by atoms with Gasteiger partial charge in [-0.05, 0) is 85.3 Å². The molecule has 31 heavy (non-hydrogen) atoms. The molecule has 0 aromatic heterocycles. The Kier molecular flexibility index (Phi) is 5.96. The summed E-state index contributed by atoms with van der Waals surface area (Å²) in [5, 5.41) is 0. The van der Waals surface area contributed by atoms with Crippen molar-refractivity contribution in [2.24, 2.45) is 11.8 Å². The number of hydrogen-bond acceptors (Lipinski definition) is 1. The standard InChI is InChI=1S/C25H23F5O/c1-2-15-5-9-20-18(11-15)7-8-19-12-16(6-10-21(19)20)3-4-17-13-22(26)24(23(27)14-17)31-25(28,29)30/h6,10,12-15,18,20H,2,5,7-9,11H2,1H3. The van der Waals surface area contributed by atoms with E-state index in [1.807, 2.05) is 12.1 Å². The highest BCUT2D eigenvalue weighted by Crippen LogP contribution is 2.47. The van der Waals surface area contributed by atoms with Gasteiger partial charge in [0.25, 0.3) is 0 Å². The molecule has 0 N–H and O–H groups in total. The van der Waals surface area contributed by atoms with Crippen LogP contribution >= 0.6 is 0 Å². The van der Waals surface area contributed by atoms with Gasteiger partial charge in [-0.25, -0.2) is 8.78 Å². The second-order valence-corrected chi connectivity index (χ2v) is 8.47. The van der Waals surface area contributed by atoms with Crippen LogP contribution in [0.4, 0.5) is 22.0 Å². The second-order valence-electron chi connectivity index (χ2n) is 8.47. The summed E-state index contributed by atoms with van der Waals surface area (Å²) < 4.78 is 67.9. The molecule has 2 aromatic carbocycles. The average molecular weight is 434 g/mol. The number of alkyl halides is 3. The van der Waals surface area contributed by atoms with Crippen molar-refractivity contribution in [2.45, 2.75) is 57.7 Å². The van der Waals surface area contributed by atoms with Crippen molar-refractivity contribution in [1.82, 2.24) is 0 Å². The Bertz CT molecular complexity index is 1010. The van der Waals surface area contributed by atoms with Crippen LogP contribution in [0.3, 0.4) is 0 Å². The highest BCUT2D eigenvalue weighted by atomic mass is 19.4. The van der Waals surface area contributed by atoms with E-state index in [1.54, 1.807) is 0 Å². The van der Waals surface area contributed by atoms with Crippen LogP contribution in [-0.4, -0.2) is 6.36 Å². The SMILES string of the molecule is CCC1CCC2c3ccc(C#Cc4cc(F)c(OC(F)(F)F)c(F)c4)cc3CCC2C1. The molecule has 0 aliphatic heterocycles. The van der Waals surface area contributed by atoms with Gasteiger partial charge in [-0.15, -0.1) is 13.2 Å². The van der Waals surface area contributed by atoms with Crippen LogP contribution in [0.25, 0.3) is 0 Å². The molecule has 3 unspecified atom stereocenters. The number of rotatable bonds is 2. The number of hydrogen-bond donors (Lipinski definition) is 0. The fourth-order valence-corrected chi connectivity index (χ4v) is 5.05. The quantitative estimate of drug-likeness (QED) is 0.361. The van der Waals surface area contributed by atoms with Crippen LogP contribution < -0.4 is 4.74 Å². The highest BCUT2D eigenvalue weighted by Gasteiger charge is 2.35. The second kappa shape index (κ2) is 8.53. The zero-order chi connectivity index (χ0) is 22.2. The molecular weight excluding hydrogens is 411 g/mol. The van der Waals surface area contributed by atoms with Crippen molar-refractivity contribution in [3.63, 3.8) is 0 Å². The van der Waals surface area contributed by atoms with Gasteiger partial charge in [0.2, 0.25) is 5.75 Å². The Hall–Kier alpha value is -2.55. The van der Waals surface area contributed by atoms with E-state index in [0.29, 0.717) is 5.92 Å². The molecule has 1 saturated carbocycles. The third-order valence-corrected chi connectivity index (χ3v) is 6.56. The van der Waals surface area contributed by atoms with E-state index in [2.05, 4.69) is 29.6 Å². The lowest BCUT2D eigenvalue weighted by molar-refractivity contribution is -0.276. The monoisotopic (exact) mass is 434 g/mol. The molecule has 0 saturated heterocycles. The Morgan fingerprint density at radius 3 is 2.35 bits per heavy atom. The zero-order valence-corrected chi connectivity index (χ0v) is 17.2. The van der Waals surface area contributed by atoms with Gasteiger partial charge in [-0.2, -0.15) is 0 Å². The fourth-order valence-electron chi connectivity index (χ4n) is 5.05. The van der Waals surface area contributed by atoms with E-state index in [-0.39, 0.29) is 5.56 Å². The first-order valence-corrected chi connectivity index (χ1v) is 10.6. The van der Waals surface area contributed by atoms with Gasteiger partial charge in [0, 0.05) is 11.1 Å². The maximum atomic E-state index is 13.9. The van der Waals surface area contributed by atoms with Crippen LogP contribution in [0, 0.1) is 35.3 Å². The molecule has 6 heteroatoms. The molecule has 0 spiro atoms. The fraction of sp³-hybridized carbons (Fsp3) is 0.440. The summed E-state index contributed by atoms with van der Waals surface area (Å²) in [6, 6.07) is 7.54. The molecule has 2 aromatic rings. The normalized spacial score (nSPS) is 22.7. The van der Waals surface area contributed by atoms with Crippen LogP contribution in [-0.2, 0) is 6.42 Å². The maximum absolute atomic E-state index is 13.9. The van der Waals surface area contributed by atoms with Gasteiger partial charge in [0.15, 0.2) is 11.6 Å². The molecule has 3 atom stereocenters. The molecule has 0 bridgehead atoms. The lowest BCUT2D eigenvalue weighted by Crippen LogP contribution is -2.27. The van der Waals surface area contributed by atoms with Gasteiger partial charge in [-0.3, -0.25) is 0 Å². The molecule has 4 rings (SSSR count). The Labute approximate surface area is 178 Å². The van der Waals surface area contributed by atoms with Crippen molar-refractivity contribution in [3.05, 3.63) is 64.2 Å². The van der Waals surface area contributed by atoms with E-state index in [4.69, 9.17) is 0 Å². The van der Waals surface area contributed by atoms with Crippen molar-refractivity contribution in [1.29, 1.82) is 0 Å². The van der Waals surface area contributed by atoms with Gasteiger partial charge >= 0.3 is 6.36 Å². The number of aryl methyl sites for hydroxylation is 1. The molecule has 1 fully saturated rings. The molecule has 2 aliphatic rings. The Morgan fingerprint density at radius 2 is 1.68 bits per heavy atom. The number of ether oxygens (including phenoxy) is 1. The number of halogens is 5. The Morgan fingerprint density at radius 1 is 0.968 bits per heavy atom. The minimum Gasteiger partial charge on any atom is -0.399 e. The van der Waals surface area contributed by atoms with Crippen LogP contribution in [0.2, 0.25) is 0 Å². The Balaban J connectivity index is 1.54. The minimum absolute atomic E-state index is 0.0554. The summed E-state index contributed by atoms with van der Waals surface area (Å²) in [6.45, 7) is 2.27. The number of fused-ring (bicyclic) bond motifs is 3. The summed E-state index contributed by atoms with van der Waals surface area (Å²) in [5.41, 5.74) is 3.33. The summed E-state index contributed by atoms with van der Waals surface area (Å²) in [4.78, 5) is 0. The van der Waals surface area contributed by atoms with Crippen molar-refractivity contribution >= 4 is 0 Å². The molecule has 1 nitrogen and oxygen atoms in total. The first-order valence-electron chi connectivity index (χ1n) is 10.6. The lowest BCUT2D eigenvalue weighted by Gasteiger charge is -2.40. The summed E-state index contributed by atoms with van der Waals surface area (Å²) in [7, 11) is 0. The van der Waals surface area contributed by atoms with Gasteiger partial charge in [-0.1, -0.05) is 31.3 Å². The first kappa shape index (κ1) is 21.7. The van der Waals surface area contributed by atoms with E-state index < -0.39 is 23.7 Å². The summed E-state index contributed by atoms with van der Waals surface area (Å²) >= 11 is 0. The molecular formula is C25H23F5O. The van der Waals surface area contributed by atoms with Crippen LogP contribution in [0.1, 0.15) is 67.2 Å². The largest absolute Gasteiger partial charge is 0.573 e. The molecule has 2 aliphatic carbocycles. The average Bonchev–Trinajstić information content (AvgIpc) is 2.73. The molecule has 0 amide bonds. The van der Waals surface area contributed by atoms with Crippen LogP contribution in [0.15, 0.2) is 30.3 Å². The van der Waals surface area contributed by atoms with Gasteiger partial charge in [0.05, 0.1) is 0 Å². The molecule has 0 radical (unpaired) electrons. The third-order valence-electron chi connectivity index (χ3n) is 6.56. The number of benzene rings is 2. The minimum atomic E-state index is -5.17. The third kappa shape index (κ3) is 4.87. The predicted octanol–water partition coefficient (Wildman–Crippen LogP) is 7.12. The highest BCUT2D eigenvalue weighted by molar-refractivity contribution is 5.48. The van der Waals surface area contributed by atoms with E-state index in [0.717, 1.165) is 36.0 Å². The van der Waals surface area contributed by atoms with Crippen molar-refractivity contribution < 1.29 is 26.7 Å². The smallest absolute Gasteiger partial charge is 0.399 e. The predicted molar refractivity (Wildman–Crippen MR) is 108 cm³/mol.